The molecule has 0 N–H and O–H groups in total. The number of anilines is 3. The van der Waals surface area contributed by atoms with Gasteiger partial charge in [0.25, 0.3) is 0 Å². The molecule has 0 fully saturated rings. The highest BCUT2D eigenvalue weighted by atomic mass is 15.1. The fourth-order valence-corrected chi connectivity index (χ4v) is 9.29. The van der Waals surface area contributed by atoms with Crippen LogP contribution in [0.15, 0.2) is 212 Å². The smallest absolute Gasteiger partial charge is 0.0726 e. The third kappa shape index (κ3) is 4.52. The number of benzene rings is 9. The van der Waals surface area contributed by atoms with Crippen molar-refractivity contribution >= 4 is 27.8 Å². The second-order valence-electron chi connectivity index (χ2n) is 14.5. The van der Waals surface area contributed by atoms with Crippen LogP contribution in [0.25, 0.3) is 55.3 Å². The molecule has 11 rings (SSSR count). The molecule has 1 nitrogen and oxygen atoms in total. The third-order valence-corrected chi connectivity index (χ3v) is 11.6. The van der Waals surface area contributed by atoms with Crippen LogP contribution in [-0.2, 0) is 5.41 Å². The van der Waals surface area contributed by atoms with Gasteiger partial charge in [-0.1, -0.05) is 164 Å². The molecule has 0 bridgehead atoms. The molecule has 1 unspecified atom stereocenters. The van der Waals surface area contributed by atoms with Gasteiger partial charge in [-0.15, -0.1) is 0 Å². The van der Waals surface area contributed by atoms with Gasteiger partial charge in [0.05, 0.1) is 5.41 Å². The first-order valence-corrected chi connectivity index (χ1v) is 18.8. The van der Waals surface area contributed by atoms with Crippen LogP contribution in [0, 0.1) is 0 Å². The summed E-state index contributed by atoms with van der Waals surface area (Å²) >= 11 is 0. The van der Waals surface area contributed by atoms with Gasteiger partial charge >= 0.3 is 0 Å². The van der Waals surface area contributed by atoms with Gasteiger partial charge in [-0.25, -0.2) is 0 Å². The molecular formula is C53H35N. The quantitative estimate of drug-likeness (QED) is 0.174. The maximum Gasteiger partial charge on any atom is 0.0726 e. The van der Waals surface area contributed by atoms with Gasteiger partial charge in [-0.05, 0) is 126 Å². The summed E-state index contributed by atoms with van der Waals surface area (Å²) in [4.78, 5) is 2.43. The first-order chi connectivity index (χ1) is 26.8. The first kappa shape index (κ1) is 30.6. The number of hydrogen-bond donors (Lipinski definition) is 0. The maximum atomic E-state index is 2.48. The molecule has 1 spiro atoms. The molecule has 54 heavy (non-hydrogen) atoms. The predicted octanol–water partition coefficient (Wildman–Crippen LogP) is 14.0. The van der Waals surface area contributed by atoms with E-state index < -0.39 is 5.41 Å². The molecule has 9 aromatic rings. The molecule has 0 aliphatic heterocycles. The predicted molar refractivity (Wildman–Crippen MR) is 226 cm³/mol. The van der Waals surface area contributed by atoms with Crippen molar-refractivity contribution in [1.82, 2.24) is 0 Å². The normalized spacial score (nSPS) is 14.7. The van der Waals surface area contributed by atoms with E-state index in [2.05, 4.69) is 217 Å². The van der Waals surface area contributed by atoms with Crippen molar-refractivity contribution in [3.8, 4) is 44.5 Å². The number of nitrogens with zero attached hydrogens (tertiary/aromatic N) is 1. The second-order valence-corrected chi connectivity index (χ2v) is 14.5. The van der Waals surface area contributed by atoms with Crippen molar-refractivity contribution < 1.29 is 0 Å². The van der Waals surface area contributed by atoms with Crippen LogP contribution in [0.3, 0.4) is 0 Å². The van der Waals surface area contributed by atoms with E-state index in [1.807, 2.05) is 0 Å². The van der Waals surface area contributed by atoms with Crippen molar-refractivity contribution in [2.24, 2.45) is 0 Å². The molecule has 2 aliphatic rings. The summed E-state index contributed by atoms with van der Waals surface area (Å²) < 4.78 is 0. The summed E-state index contributed by atoms with van der Waals surface area (Å²) in [6.07, 6.45) is 0. The van der Waals surface area contributed by atoms with E-state index in [1.54, 1.807) is 0 Å². The van der Waals surface area contributed by atoms with E-state index in [0.717, 1.165) is 17.1 Å². The summed E-state index contributed by atoms with van der Waals surface area (Å²) in [5, 5.41) is 2.54. The minimum atomic E-state index is -0.452. The molecule has 0 aromatic heterocycles. The molecule has 0 heterocycles. The van der Waals surface area contributed by atoms with Crippen LogP contribution in [0.4, 0.5) is 17.1 Å². The molecular weight excluding hydrogens is 651 g/mol. The number of rotatable bonds is 5. The number of hydrogen-bond acceptors (Lipinski definition) is 1. The van der Waals surface area contributed by atoms with Crippen molar-refractivity contribution in [1.29, 1.82) is 0 Å². The summed E-state index contributed by atoms with van der Waals surface area (Å²) in [6, 6.07) is 78.3. The van der Waals surface area contributed by atoms with Crippen molar-refractivity contribution in [2.75, 3.05) is 4.90 Å². The van der Waals surface area contributed by atoms with Gasteiger partial charge < -0.3 is 4.90 Å². The highest BCUT2D eigenvalue weighted by Crippen LogP contribution is 2.63. The minimum absolute atomic E-state index is 0.452. The SMILES string of the molecule is c1ccc(-c2ccc(N(c3cccc(-c4ccccc4)c3)c3ccc4c(c3)C3(c5ccccc5-4)c4ccccc4-c4cc5ccccc5cc43)cc2)cc1. The zero-order valence-electron chi connectivity index (χ0n) is 29.7. The maximum absolute atomic E-state index is 2.48. The van der Waals surface area contributed by atoms with E-state index in [9.17, 15) is 0 Å². The van der Waals surface area contributed by atoms with Crippen LogP contribution in [0.5, 0.6) is 0 Å². The Morgan fingerprint density at radius 2 is 0.741 bits per heavy atom. The monoisotopic (exact) mass is 685 g/mol. The molecule has 2 aliphatic carbocycles. The Morgan fingerprint density at radius 1 is 0.259 bits per heavy atom. The zero-order valence-corrected chi connectivity index (χ0v) is 29.7. The Kier molecular flexibility index (Phi) is 6.84. The van der Waals surface area contributed by atoms with Gasteiger partial charge in [0.1, 0.15) is 0 Å². The van der Waals surface area contributed by atoms with Crippen molar-refractivity contribution in [3.05, 3.63) is 235 Å². The van der Waals surface area contributed by atoms with Crippen molar-refractivity contribution in [3.63, 3.8) is 0 Å². The minimum Gasteiger partial charge on any atom is -0.310 e. The topological polar surface area (TPSA) is 3.24 Å². The lowest BCUT2D eigenvalue weighted by molar-refractivity contribution is 0.795. The van der Waals surface area contributed by atoms with Crippen LogP contribution < -0.4 is 4.90 Å². The second kappa shape index (κ2) is 12.0. The molecule has 0 amide bonds. The van der Waals surface area contributed by atoms with Crippen LogP contribution in [0.2, 0.25) is 0 Å². The summed E-state index contributed by atoms with van der Waals surface area (Å²) in [7, 11) is 0. The molecule has 0 radical (unpaired) electrons. The van der Waals surface area contributed by atoms with Crippen molar-refractivity contribution in [2.45, 2.75) is 5.41 Å². The Morgan fingerprint density at radius 3 is 1.44 bits per heavy atom. The van der Waals surface area contributed by atoms with Crippen LogP contribution >= 0.6 is 0 Å². The third-order valence-electron chi connectivity index (χ3n) is 11.6. The van der Waals surface area contributed by atoms with Gasteiger partial charge in [0, 0.05) is 17.1 Å². The lowest BCUT2D eigenvalue weighted by Crippen LogP contribution is -2.26. The highest BCUT2D eigenvalue weighted by Gasteiger charge is 2.51. The number of fused-ring (bicyclic) bond motifs is 11. The first-order valence-electron chi connectivity index (χ1n) is 18.8. The lowest BCUT2D eigenvalue weighted by Gasteiger charge is -2.32. The van der Waals surface area contributed by atoms with E-state index in [1.165, 1.54) is 77.5 Å². The Hall–Kier alpha value is -6.96. The van der Waals surface area contributed by atoms with Crippen LogP contribution in [0.1, 0.15) is 22.3 Å². The van der Waals surface area contributed by atoms with Gasteiger partial charge in [0.15, 0.2) is 0 Å². The Labute approximate surface area is 316 Å². The summed E-state index contributed by atoms with van der Waals surface area (Å²) in [5.41, 5.74) is 18.3. The van der Waals surface area contributed by atoms with E-state index in [4.69, 9.17) is 0 Å². The molecule has 9 aromatic carbocycles. The largest absolute Gasteiger partial charge is 0.310 e. The van der Waals surface area contributed by atoms with Gasteiger partial charge in [-0.3, -0.25) is 0 Å². The van der Waals surface area contributed by atoms with E-state index >= 15 is 0 Å². The van der Waals surface area contributed by atoms with Crippen LogP contribution in [-0.4, -0.2) is 0 Å². The standard InChI is InChI=1S/C53H35N/c1-3-14-36(15-4-1)38-26-28-42(29-27-38)54(43-21-13-20-39(32-43)37-16-5-2-6-17-37)44-30-31-47-45-22-9-11-24-49(45)53(52(47)35-44)50-25-12-10-23-46(50)48-33-40-18-7-8-19-41(40)34-51(48)53/h1-35H. The molecule has 1 heteroatoms. The van der Waals surface area contributed by atoms with E-state index in [0.29, 0.717) is 0 Å². The lowest BCUT2D eigenvalue weighted by atomic mass is 9.70. The molecule has 252 valence electrons. The highest BCUT2D eigenvalue weighted by molar-refractivity contribution is 6.00. The summed E-state index contributed by atoms with van der Waals surface area (Å²) in [5.74, 6) is 0. The van der Waals surface area contributed by atoms with Gasteiger partial charge in [0.2, 0.25) is 0 Å². The average molecular weight is 686 g/mol. The zero-order chi connectivity index (χ0) is 35.6. The van der Waals surface area contributed by atoms with Gasteiger partial charge in [-0.2, -0.15) is 0 Å². The fourth-order valence-electron chi connectivity index (χ4n) is 9.29. The Balaban J connectivity index is 1.16. The van der Waals surface area contributed by atoms with E-state index in [-0.39, 0.29) is 0 Å². The average Bonchev–Trinajstić information content (AvgIpc) is 3.70. The summed E-state index contributed by atoms with van der Waals surface area (Å²) in [6.45, 7) is 0. The molecule has 1 atom stereocenters. The Bertz CT molecular complexity index is 2870. The molecule has 0 saturated heterocycles. The molecule has 0 saturated carbocycles. The fraction of sp³-hybridized carbons (Fsp3) is 0.0189.